The molecule has 132 valence electrons. The zero-order valence-electron chi connectivity index (χ0n) is 14.4. The van der Waals surface area contributed by atoms with Crippen LogP contribution in [-0.2, 0) is 6.54 Å². The number of halogens is 1. The van der Waals surface area contributed by atoms with E-state index in [1.54, 1.807) is 21.7 Å². The van der Waals surface area contributed by atoms with Crippen molar-refractivity contribution in [1.29, 1.82) is 0 Å². The van der Waals surface area contributed by atoms with Crippen molar-refractivity contribution < 1.29 is 9.18 Å². The predicted molar refractivity (Wildman–Crippen MR) is 98.8 cm³/mol. The van der Waals surface area contributed by atoms with Gasteiger partial charge < -0.3 is 10.2 Å². The number of aromatic nitrogens is 2. The summed E-state index contributed by atoms with van der Waals surface area (Å²) in [6.45, 7) is 3.07. The molecule has 0 bridgehead atoms. The van der Waals surface area contributed by atoms with E-state index in [9.17, 15) is 9.18 Å². The second kappa shape index (κ2) is 6.63. The van der Waals surface area contributed by atoms with Crippen molar-refractivity contribution in [1.82, 2.24) is 9.78 Å². The van der Waals surface area contributed by atoms with Crippen molar-refractivity contribution >= 4 is 17.3 Å². The molecule has 0 aliphatic carbocycles. The molecule has 1 aliphatic rings. The molecule has 1 N–H and O–H groups in total. The highest BCUT2D eigenvalue weighted by Gasteiger charge is 2.31. The normalized spacial score (nSPS) is 16.5. The molecule has 26 heavy (non-hydrogen) atoms. The van der Waals surface area contributed by atoms with Crippen LogP contribution >= 0.6 is 0 Å². The molecule has 6 heteroatoms. The molecule has 3 aromatic rings. The summed E-state index contributed by atoms with van der Waals surface area (Å²) in [6, 6.07) is 17.7. The minimum Gasteiger partial charge on any atom is -0.379 e. The molecule has 1 atom stereocenters. The number of nitrogens with one attached hydrogen (secondary N) is 1. The number of hydrogen-bond donors (Lipinski definition) is 1. The fourth-order valence-corrected chi connectivity index (χ4v) is 3.18. The van der Waals surface area contributed by atoms with Crippen LogP contribution < -0.4 is 10.2 Å². The van der Waals surface area contributed by atoms with Crippen LogP contribution in [0.2, 0.25) is 0 Å². The molecular formula is C20H19FN4O. The Kier molecular flexibility index (Phi) is 4.16. The average Bonchev–Trinajstić information content (AvgIpc) is 3.10. The van der Waals surface area contributed by atoms with Gasteiger partial charge in [0.2, 0.25) is 0 Å². The second-order valence-corrected chi connectivity index (χ2v) is 6.43. The molecule has 0 spiro atoms. The van der Waals surface area contributed by atoms with E-state index in [0.29, 0.717) is 24.5 Å². The third kappa shape index (κ3) is 3.06. The molecule has 4 rings (SSSR count). The van der Waals surface area contributed by atoms with E-state index in [1.165, 1.54) is 12.1 Å². The molecular weight excluding hydrogens is 331 g/mol. The molecule has 1 amide bonds. The minimum absolute atomic E-state index is 0.0400. The number of hydrogen-bond acceptors (Lipinski definition) is 3. The lowest BCUT2D eigenvalue weighted by Gasteiger charge is -2.31. The lowest BCUT2D eigenvalue weighted by Crippen LogP contribution is -2.42. The highest BCUT2D eigenvalue weighted by atomic mass is 19.1. The topological polar surface area (TPSA) is 50.2 Å². The zero-order valence-corrected chi connectivity index (χ0v) is 14.4. The van der Waals surface area contributed by atoms with E-state index in [2.05, 4.69) is 10.4 Å². The van der Waals surface area contributed by atoms with Crippen molar-refractivity contribution in [3.05, 3.63) is 77.9 Å². The van der Waals surface area contributed by atoms with Crippen molar-refractivity contribution in [2.75, 3.05) is 16.8 Å². The van der Waals surface area contributed by atoms with Gasteiger partial charge in [-0.25, -0.2) is 4.39 Å². The fraction of sp³-hybridized carbons (Fsp3) is 0.200. The Morgan fingerprint density at radius 1 is 1.15 bits per heavy atom. The van der Waals surface area contributed by atoms with Gasteiger partial charge in [0, 0.05) is 17.9 Å². The third-order valence-corrected chi connectivity index (χ3v) is 4.50. The van der Waals surface area contributed by atoms with Crippen LogP contribution in [0.5, 0.6) is 0 Å². The lowest BCUT2D eigenvalue weighted by atomic mass is 10.1. The summed E-state index contributed by atoms with van der Waals surface area (Å²) in [5, 5.41) is 7.89. The number of nitrogens with zero attached hydrogens (tertiary/aromatic N) is 3. The molecule has 1 unspecified atom stereocenters. The zero-order chi connectivity index (χ0) is 18.1. The summed E-state index contributed by atoms with van der Waals surface area (Å²) in [5.74, 6) is -0.432. The summed E-state index contributed by atoms with van der Waals surface area (Å²) in [6.07, 6.45) is 0. The van der Waals surface area contributed by atoms with Gasteiger partial charge in [0.05, 0.1) is 18.3 Å². The monoisotopic (exact) mass is 350 g/mol. The smallest absolute Gasteiger partial charge is 0.276 e. The Hall–Kier alpha value is -3.15. The minimum atomic E-state index is -0.314. The van der Waals surface area contributed by atoms with Crippen LogP contribution in [0.4, 0.5) is 15.8 Å². The molecule has 0 saturated heterocycles. The lowest BCUT2D eigenvalue weighted by molar-refractivity contribution is 0.0953. The Balaban J connectivity index is 1.56. The second-order valence-electron chi connectivity index (χ2n) is 6.43. The number of amides is 1. The maximum absolute atomic E-state index is 13.2. The predicted octanol–water partition coefficient (Wildman–Crippen LogP) is 3.86. The summed E-state index contributed by atoms with van der Waals surface area (Å²) in [7, 11) is 0. The fourth-order valence-electron chi connectivity index (χ4n) is 3.18. The average molecular weight is 350 g/mol. The van der Waals surface area contributed by atoms with Crippen LogP contribution in [0.15, 0.2) is 60.7 Å². The standard InChI is InChI=1S/C20H19FN4O/c1-14-13-24(18-9-7-15(21)8-10-18)20(26)19-11-17(23-25(14)19)12-22-16-5-3-2-4-6-16/h2-11,14,22H,12-13H2,1H3. The van der Waals surface area contributed by atoms with Gasteiger partial charge in [-0.15, -0.1) is 0 Å². The molecule has 1 aromatic heterocycles. The van der Waals surface area contributed by atoms with Crippen LogP contribution in [0.25, 0.3) is 0 Å². The van der Waals surface area contributed by atoms with E-state index in [1.807, 2.05) is 43.3 Å². The highest BCUT2D eigenvalue weighted by molar-refractivity contribution is 6.05. The first-order valence-electron chi connectivity index (χ1n) is 8.56. The van der Waals surface area contributed by atoms with Crippen LogP contribution in [0.3, 0.4) is 0 Å². The molecule has 0 fully saturated rings. The number of anilines is 2. The van der Waals surface area contributed by atoms with Crippen molar-refractivity contribution in [2.24, 2.45) is 0 Å². The van der Waals surface area contributed by atoms with E-state index in [4.69, 9.17) is 0 Å². The molecule has 5 nitrogen and oxygen atoms in total. The maximum Gasteiger partial charge on any atom is 0.276 e. The van der Waals surface area contributed by atoms with Crippen LogP contribution in [0.1, 0.15) is 29.1 Å². The van der Waals surface area contributed by atoms with Gasteiger partial charge in [-0.2, -0.15) is 5.10 Å². The Bertz CT molecular complexity index is 921. The summed E-state index contributed by atoms with van der Waals surface area (Å²) in [5.41, 5.74) is 3.06. The number of para-hydroxylation sites is 1. The van der Waals surface area contributed by atoms with Gasteiger partial charge in [-0.1, -0.05) is 18.2 Å². The highest BCUT2D eigenvalue weighted by Crippen LogP contribution is 2.27. The maximum atomic E-state index is 13.2. The van der Waals surface area contributed by atoms with E-state index in [-0.39, 0.29) is 17.8 Å². The number of benzene rings is 2. The van der Waals surface area contributed by atoms with Crippen LogP contribution in [-0.4, -0.2) is 22.2 Å². The first-order valence-corrected chi connectivity index (χ1v) is 8.56. The number of fused-ring (bicyclic) bond motifs is 1. The summed E-state index contributed by atoms with van der Waals surface area (Å²) in [4.78, 5) is 14.6. The Labute approximate surface area is 151 Å². The van der Waals surface area contributed by atoms with E-state index < -0.39 is 0 Å². The molecule has 0 saturated carbocycles. The van der Waals surface area contributed by atoms with Crippen molar-refractivity contribution in [2.45, 2.75) is 19.5 Å². The summed E-state index contributed by atoms with van der Waals surface area (Å²) >= 11 is 0. The SMILES string of the molecule is CC1CN(c2ccc(F)cc2)C(=O)c2cc(CNc3ccccc3)nn21. The van der Waals surface area contributed by atoms with Gasteiger partial charge in [0.1, 0.15) is 11.5 Å². The summed E-state index contributed by atoms with van der Waals surface area (Å²) < 4.78 is 15.0. The van der Waals surface area contributed by atoms with Gasteiger partial charge in [0.25, 0.3) is 5.91 Å². The first kappa shape index (κ1) is 16.3. The molecule has 2 aromatic carbocycles. The number of rotatable bonds is 4. The van der Waals surface area contributed by atoms with Gasteiger partial charge in [-0.05, 0) is 49.4 Å². The Morgan fingerprint density at radius 2 is 1.88 bits per heavy atom. The van der Waals surface area contributed by atoms with E-state index >= 15 is 0 Å². The van der Waals surface area contributed by atoms with Crippen molar-refractivity contribution in [3.63, 3.8) is 0 Å². The Morgan fingerprint density at radius 3 is 2.62 bits per heavy atom. The largest absolute Gasteiger partial charge is 0.379 e. The third-order valence-electron chi connectivity index (χ3n) is 4.50. The van der Waals surface area contributed by atoms with Crippen LogP contribution in [0, 0.1) is 5.82 Å². The van der Waals surface area contributed by atoms with Gasteiger partial charge >= 0.3 is 0 Å². The van der Waals surface area contributed by atoms with E-state index in [0.717, 1.165) is 11.4 Å². The molecule has 1 aliphatic heterocycles. The molecule has 2 heterocycles. The number of carbonyl (C=O) groups excluding carboxylic acids is 1. The quantitative estimate of drug-likeness (QED) is 0.777. The molecule has 0 radical (unpaired) electrons. The van der Waals surface area contributed by atoms with Crippen molar-refractivity contribution in [3.8, 4) is 0 Å². The van der Waals surface area contributed by atoms with Gasteiger partial charge in [-0.3, -0.25) is 9.48 Å². The number of carbonyl (C=O) groups is 1. The van der Waals surface area contributed by atoms with Gasteiger partial charge in [0.15, 0.2) is 0 Å². The first-order chi connectivity index (χ1) is 12.6.